The van der Waals surface area contributed by atoms with Crippen LogP contribution in [-0.4, -0.2) is 0 Å². The van der Waals surface area contributed by atoms with Crippen molar-refractivity contribution in [1.29, 1.82) is 0 Å². The lowest BCUT2D eigenvalue weighted by molar-refractivity contribution is 1.41. The summed E-state index contributed by atoms with van der Waals surface area (Å²) >= 11 is 7.64. The summed E-state index contributed by atoms with van der Waals surface area (Å²) in [6.07, 6.45) is 0. The third kappa shape index (κ3) is 1.40. The van der Waals surface area contributed by atoms with Crippen molar-refractivity contribution in [3.05, 3.63) is 28.6 Å². The second-order valence-electron chi connectivity index (χ2n) is 3.03. The van der Waals surface area contributed by atoms with Crippen LogP contribution in [0.1, 0.15) is 10.4 Å². The van der Waals surface area contributed by atoms with Crippen LogP contribution < -0.4 is 5.73 Å². The number of nitrogens with two attached hydrogens (primary N) is 1. The van der Waals surface area contributed by atoms with E-state index in [1.807, 2.05) is 12.1 Å². The van der Waals surface area contributed by atoms with E-state index in [4.69, 9.17) is 17.3 Å². The average molecular weight is 212 g/mol. The maximum Gasteiger partial charge on any atom is 0.0491 e. The number of thiophene rings is 1. The molecule has 0 aliphatic rings. The summed E-state index contributed by atoms with van der Waals surface area (Å²) in [5.41, 5.74) is 7.74. The number of nitrogen functional groups attached to an aromatic ring is 1. The van der Waals surface area contributed by atoms with Gasteiger partial charge in [0.2, 0.25) is 0 Å². The zero-order chi connectivity index (χ0) is 9.42. The van der Waals surface area contributed by atoms with Crippen LogP contribution >= 0.6 is 22.9 Å². The van der Waals surface area contributed by atoms with Crippen LogP contribution in [0.15, 0.2) is 18.2 Å². The number of halogens is 1. The fourth-order valence-electron chi connectivity index (χ4n) is 1.45. The van der Waals surface area contributed by atoms with Crippen LogP contribution in [-0.2, 0) is 5.88 Å². The summed E-state index contributed by atoms with van der Waals surface area (Å²) in [4.78, 5) is 1.29. The van der Waals surface area contributed by atoms with Crippen molar-refractivity contribution in [3.63, 3.8) is 0 Å². The molecule has 0 radical (unpaired) electrons. The first kappa shape index (κ1) is 8.85. The number of fused-ring (bicyclic) bond motifs is 1. The molecule has 2 N–H and O–H groups in total. The molecule has 13 heavy (non-hydrogen) atoms. The number of hydrogen-bond acceptors (Lipinski definition) is 2. The molecule has 68 valence electrons. The van der Waals surface area contributed by atoms with Crippen LogP contribution in [0.2, 0.25) is 0 Å². The van der Waals surface area contributed by atoms with Gasteiger partial charge in [0.05, 0.1) is 0 Å². The first-order valence-corrected chi connectivity index (χ1v) is 5.41. The summed E-state index contributed by atoms with van der Waals surface area (Å²) in [5.74, 6) is 0.565. The van der Waals surface area contributed by atoms with Gasteiger partial charge in [0.1, 0.15) is 0 Å². The predicted molar refractivity (Wildman–Crippen MR) is 60.5 cm³/mol. The molecule has 0 bridgehead atoms. The van der Waals surface area contributed by atoms with Gasteiger partial charge >= 0.3 is 0 Å². The monoisotopic (exact) mass is 211 g/mol. The Hall–Kier alpha value is -0.730. The molecule has 1 aromatic carbocycles. The lowest BCUT2D eigenvalue weighted by Gasteiger charge is -1.96. The van der Waals surface area contributed by atoms with Crippen molar-refractivity contribution in [1.82, 2.24) is 0 Å². The number of alkyl halides is 1. The van der Waals surface area contributed by atoms with Gasteiger partial charge in [0.25, 0.3) is 0 Å². The van der Waals surface area contributed by atoms with Crippen LogP contribution in [0, 0.1) is 6.92 Å². The van der Waals surface area contributed by atoms with E-state index in [9.17, 15) is 0 Å². The highest BCUT2D eigenvalue weighted by atomic mass is 35.5. The largest absolute Gasteiger partial charge is 0.399 e. The van der Waals surface area contributed by atoms with Crippen molar-refractivity contribution in [2.75, 3.05) is 5.73 Å². The Morgan fingerprint density at radius 3 is 2.92 bits per heavy atom. The molecule has 1 nitrogen and oxygen atoms in total. The minimum absolute atomic E-state index is 0.565. The van der Waals surface area contributed by atoms with Crippen molar-refractivity contribution < 1.29 is 0 Å². The van der Waals surface area contributed by atoms with E-state index < -0.39 is 0 Å². The van der Waals surface area contributed by atoms with Gasteiger partial charge in [-0.05, 0) is 36.1 Å². The summed E-state index contributed by atoms with van der Waals surface area (Å²) < 4.78 is 1.27. The molecule has 0 aliphatic carbocycles. The number of rotatable bonds is 1. The number of aryl methyl sites for hydroxylation is 1. The molecule has 3 heteroatoms. The fraction of sp³-hybridized carbons (Fsp3) is 0.200. The molecular formula is C10H10ClNS. The fourth-order valence-corrected chi connectivity index (χ4v) is 2.94. The number of anilines is 1. The predicted octanol–water partition coefficient (Wildman–Crippen LogP) is 3.53. The molecule has 0 unspecified atom stereocenters. The zero-order valence-electron chi connectivity index (χ0n) is 7.30. The van der Waals surface area contributed by atoms with E-state index in [0.29, 0.717) is 5.88 Å². The highest BCUT2D eigenvalue weighted by molar-refractivity contribution is 7.19. The molecule has 0 aliphatic heterocycles. The van der Waals surface area contributed by atoms with Gasteiger partial charge in [-0.3, -0.25) is 0 Å². The van der Waals surface area contributed by atoms with Crippen molar-refractivity contribution in [2.45, 2.75) is 12.8 Å². The Bertz CT molecular complexity index is 447. The Balaban J connectivity index is 2.80. The maximum absolute atomic E-state index is 5.87. The van der Waals surface area contributed by atoms with Gasteiger partial charge in [-0.2, -0.15) is 0 Å². The molecule has 0 saturated heterocycles. The third-order valence-electron chi connectivity index (χ3n) is 2.15. The van der Waals surface area contributed by atoms with Crippen molar-refractivity contribution in [3.8, 4) is 0 Å². The molecule has 2 rings (SSSR count). The standard InChI is InChI=1S/C10H10ClNS/c1-6-9(5-11)8-4-7(12)2-3-10(8)13-6/h2-4H,5,12H2,1H3. The Morgan fingerprint density at radius 1 is 1.46 bits per heavy atom. The normalized spacial score (nSPS) is 10.9. The van der Waals surface area contributed by atoms with E-state index in [-0.39, 0.29) is 0 Å². The van der Waals surface area contributed by atoms with Gasteiger partial charge in [-0.15, -0.1) is 22.9 Å². The minimum atomic E-state index is 0.565. The molecular weight excluding hydrogens is 202 g/mol. The molecule has 0 spiro atoms. The molecule has 0 saturated carbocycles. The van der Waals surface area contributed by atoms with E-state index >= 15 is 0 Å². The lowest BCUT2D eigenvalue weighted by atomic mass is 10.1. The average Bonchev–Trinajstić information content (AvgIpc) is 2.40. The first-order valence-electron chi connectivity index (χ1n) is 4.06. The molecule has 1 aromatic heterocycles. The number of benzene rings is 1. The van der Waals surface area contributed by atoms with Gasteiger partial charge in [-0.25, -0.2) is 0 Å². The van der Waals surface area contributed by atoms with Gasteiger partial charge in [0, 0.05) is 21.1 Å². The summed E-state index contributed by atoms with van der Waals surface area (Å²) in [7, 11) is 0. The SMILES string of the molecule is Cc1sc2ccc(N)cc2c1CCl. The Labute approximate surface area is 86.1 Å². The van der Waals surface area contributed by atoms with Crippen molar-refractivity contribution >= 4 is 38.7 Å². The molecule has 0 atom stereocenters. The molecule has 2 aromatic rings. The van der Waals surface area contributed by atoms with Crippen LogP contribution in [0.25, 0.3) is 10.1 Å². The van der Waals surface area contributed by atoms with Crippen LogP contribution in [0.4, 0.5) is 5.69 Å². The van der Waals surface area contributed by atoms with Crippen LogP contribution in [0.5, 0.6) is 0 Å². The summed E-state index contributed by atoms with van der Waals surface area (Å²) in [6, 6.07) is 5.98. The van der Waals surface area contributed by atoms with Crippen LogP contribution in [0.3, 0.4) is 0 Å². The lowest BCUT2D eigenvalue weighted by Crippen LogP contribution is -1.83. The van der Waals surface area contributed by atoms with E-state index in [2.05, 4.69) is 13.0 Å². The summed E-state index contributed by atoms with van der Waals surface area (Å²) in [6.45, 7) is 2.10. The smallest absolute Gasteiger partial charge is 0.0491 e. The Morgan fingerprint density at radius 2 is 2.23 bits per heavy atom. The Kier molecular flexibility index (Phi) is 2.18. The highest BCUT2D eigenvalue weighted by Gasteiger charge is 2.07. The quantitative estimate of drug-likeness (QED) is 0.567. The highest BCUT2D eigenvalue weighted by Crippen LogP contribution is 2.32. The van der Waals surface area contributed by atoms with Crippen molar-refractivity contribution in [2.24, 2.45) is 0 Å². The van der Waals surface area contributed by atoms with E-state index in [1.54, 1.807) is 11.3 Å². The molecule has 1 heterocycles. The second kappa shape index (κ2) is 3.20. The third-order valence-corrected chi connectivity index (χ3v) is 3.55. The van der Waals surface area contributed by atoms with Gasteiger partial charge in [0.15, 0.2) is 0 Å². The summed E-state index contributed by atoms with van der Waals surface area (Å²) in [5, 5.41) is 1.21. The minimum Gasteiger partial charge on any atom is -0.399 e. The zero-order valence-corrected chi connectivity index (χ0v) is 8.88. The maximum atomic E-state index is 5.87. The first-order chi connectivity index (χ1) is 6.22. The van der Waals surface area contributed by atoms with E-state index in [0.717, 1.165) is 5.69 Å². The molecule has 0 fully saturated rings. The van der Waals surface area contributed by atoms with Gasteiger partial charge in [-0.1, -0.05) is 0 Å². The van der Waals surface area contributed by atoms with Gasteiger partial charge < -0.3 is 5.73 Å². The van der Waals surface area contributed by atoms with E-state index in [1.165, 1.54) is 20.5 Å². The molecule has 0 amide bonds. The number of hydrogen-bond donors (Lipinski definition) is 1. The second-order valence-corrected chi connectivity index (χ2v) is 4.55. The topological polar surface area (TPSA) is 26.0 Å².